The minimum absolute atomic E-state index is 0.00436. The summed E-state index contributed by atoms with van der Waals surface area (Å²) in [5.74, 6) is 2.43. The predicted octanol–water partition coefficient (Wildman–Crippen LogP) is 4.22. The van der Waals surface area contributed by atoms with Gasteiger partial charge in [0.1, 0.15) is 0 Å². The molecule has 21 heavy (non-hydrogen) atoms. The summed E-state index contributed by atoms with van der Waals surface area (Å²) in [6, 6.07) is 8.48. The molecule has 2 N–H and O–H groups in total. The molecule has 0 bridgehead atoms. The number of anilines is 2. The second-order valence-corrected chi connectivity index (χ2v) is 7.89. The lowest BCUT2D eigenvalue weighted by atomic mass is 9.82. The molecule has 1 aromatic carbocycles. The fourth-order valence-corrected chi connectivity index (χ4v) is 3.96. The highest BCUT2D eigenvalue weighted by Crippen LogP contribution is 2.36. The molecule has 1 aliphatic heterocycles. The molecule has 0 saturated carbocycles. The zero-order valence-electron chi connectivity index (χ0n) is 13.4. The average molecular weight is 306 g/mol. The van der Waals surface area contributed by atoms with Crippen molar-refractivity contribution in [2.24, 2.45) is 11.3 Å². The van der Waals surface area contributed by atoms with Crippen molar-refractivity contribution in [3.8, 4) is 0 Å². The van der Waals surface area contributed by atoms with Crippen LogP contribution in [0, 0.1) is 11.3 Å². The quantitative estimate of drug-likeness (QED) is 0.875. The first-order valence-corrected chi connectivity index (χ1v) is 8.79. The third-order valence-corrected chi connectivity index (χ3v) is 5.18. The molecule has 116 valence electrons. The van der Waals surface area contributed by atoms with E-state index in [1.165, 1.54) is 12.2 Å². The number of carbonyl (C=O) groups excluding carboxylic acids is 1. The van der Waals surface area contributed by atoms with Gasteiger partial charge in [0.25, 0.3) is 0 Å². The molecule has 0 radical (unpaired) electrons. The Balaban J connectivity index is 2.05. The van der Waals surface area contributed by atoms with E-state index in [0.29, 0.717) is 11.5 Å². The highest BCUT2D eigenvalue weighted by atomic mass is 32.2. The molecule has 1 aromatic rings. The standard InChI is InChI=1S/C17H26N2OS/c1-12(2)16(20)19-14-7-5-6-13(10-14)18-15-11-21-9-8-17(15,3)4/h5-7,10,12,15,18H,8-9,11H2,1-4H3,(H,19,20). The second kappa shape index (κ2) is 6.73. The van der Waals surface area contributed by atoms with Crippen molar-refractivity contribution in [3.05, 3.63) is 24.3 Å². The molecule has 1 fully saturated rings. The van der Waals surface area contributed by atoms with Crippen LogP contribution in [0.15, 0.2) is 24.3 Å². The average Bonchev–Trinajstić information content (AvgIpc) is 2.41. The molecule has 1 aliphatic rings. The highest BCUT2D eigenvalue weighted by molar-refractivity contribution is 7.99. The van der Waals surface area contributed by atoms with Crippen molar-refractivity contribution in [2.75, 3.05) is 22.1 Å². The van der Waals surface area contributed by atoms with Gasteiger partial charge in [0.2, 0.25) is 5.91 Å². The number of hydrogen-bond donors (Lipinski definition) is 2. The lowest BCUT2D eigenvalue weighted by molar-refractivity contribution is -0.118. The first-order chi connectivity index (χ1) is 9.88. The van der Waals surface area contributed by atoms with Gasteiger partial charge in [-0.15, -0.1) is 0 Å². The SMILES string of the molecule is CC(C)C(=O)Nc1cccc(NC2CSCCC2(C)C)c1. The smallest absolute Gasteiger partial charge is 0.226 e. The van der Waals surface area contributed by atoms with Crippen molar-refractivity contribution in [1.82, 2.24) is 0 Å². The third-order valence-electron chi connectivity index (χ3n) is 4.11. The largest absolute Gasteiger partial charge is 0.381 e. The maximum Gasteiger partial charge on any atom is 0.226 e. The number of benzene rings is 1. The lowest BCUT2D eigenvalue weighted by Gasteiger charge is -2.39. The van der Waals surface area contributed by atoms with Crippen LogP contribution in [0.1, 0.15) is 34.1 Å². The Labute approximate surface area is 132 Å². The monoisotopic (exact) mass is 306 g/mol. The van der Waals surface area contributed by atoms with Crippen LogP contribution in [0.4, 0.5) is 11.4 Å². The molecular formula is C17H26N2OS. The molecule has 1 unspecified atom stereocenters. The molecule has 2 rings (SSSR count). The van der Waals surface area contributed by atoms with E-state index in [9.17, 15) is 4.79 Å². The third kappa shape index (κ3) is 4.40. The van der Waals surface area contributed by atoms with Crippen LogP contribution in [-0.4, -0.2) is 23.5 Å². The van der Waals surface area contributed by atoms with Crippen molar-refractivity contribution >= 4 is 29.0 Å². The molecule has 1 heterocycles. The van der Waals surface area contributed by atoms with Gasteiger partial charge in [-0.3, -0.25) is 4.79 Å². The second-order valence-electron chi connectivity index (χ2n) is 6.74. The molecule has 1 atom stereocenters. The van der Waals surface area contributed by atoms with Crippen LogP contribution in [-0.2, 0) is 4.79 Å². The summed E-state index contributed by atoms with van der Waals surface area (Å²) in [4.78, 5) is 11.8. The summed E-state index contributed by atoms with van der Waals surface area (Å²) < 4.78 is 0. The van der Waals surface area contributed by atoms with Crippen molar-refractivity contribution in [2.45, 2.75) is 40.2 Å². The molecular weight excluding hydrogens is 280 g/mol. The van der Waals surface area contributed by atoms with E-state index in [-0.39, 0.29) is 11.8 Å². The zero-order chi connectivity index (χ0) is 15.5. The van der Waals surface area contributed by atoms with Crippen molar-refractivity contribution in [3.63, 3.8) is 0 Å². The number of rotatable bonds is 4. The van der Waals surface area contributed by atoms with Gasteiger partial charge in [-0.05, 0) is 35.8 Å². The maximum atomic E-state index is 11.8. The summed E-state index contributed by atoms with van der Waals surface area (Å²) in [6.45, 7) is 8.46. The number of amides is 1. The van der Waals surface area contributed by atoms with Gasteiger partial charge < -0.3 is 10.6 Å². The van der Waals surface area contributed by atoms with E-state index in [4.69, 9.17) is 0 Å². The first kappa shape index (κ1) is 16.2. The normalized spacial score (nSPS) is 21.1. The Hall–Kier alpha value is -1.16. The summed E-state index contributed by atoms with van der Waals surface area (Å²) in [5.41, 5.74) is 2.25. The van der Waals surface area contributed by atoms with Crippen LogP contribution in [0.2, 0.25) is 0 Å². The Kier molecular flexibility index (Phi) is 5.20. The molecule has 0 aliphatic carbocycles. The van der Waals surface area contributed by atoms with Gasteiger partial charge in [-0.25, -0.2) is 0 Å². The molecule has 0 aromatic heterocycles. The predicted molar refractivity (Wildman–Crippen MR) is 93.0 cm³/mol. The zero-order valence-corrected chi connectivity index (χ0v) is 14.2. The first-order valence-electron chi connectivity index (χ1n) is 7.64. The fourth-order valence-electron chi connectivity index (χ4n) is 2.35. The lowest BCUT2D eigenvalue weighted by Crippen LogP contribution is -2.41. The van der Waals surface area contributed by atoms with Gasteiger partial charge >= 0.3 is 0 Å². The number of nitrogens with one attached hydrogen (secondary N) is 2. The van der Waals surface area contributed by atoms with E-state index in [2.05, 4.69) is 30.5 Å². The fraction of sp³-hybridized carbons (Fsp3) is 0.588. The van der Waals surface area contributed by atoms with Gasteiger partial charge in [0.15, 0.2) is 0 Å². The topological polar surface area (TPSA) is 41.1 Å². The summed E-state index contributed by atoms with van der Waals surface area (Å²) >= 11 is 2.01. The van der Waals surface area contributed by atoms with Crippen LogP contribution in [0.5, 0.6) is 0 Å². The van der Waals surface area contributed by atoms with Crippen LogP contribution in [0.3, 0.4) is 0 Å². The van der Waals surface area contributed by atoms with Gasteiger partial charge in [-0.2, -0.15) is 11.8 Å². The molecule has 4 heteroatoms. The van der Waals surface area contributed by atoms with E-state index < -0.39 is 0 Å². The van der Waals surface area contributed by atoms with Gasteiger partial charge in [0.05, 0.1) is 0 Å². The Morgan fingerprint density at radius 1 is 1.33 bits per heavy atom. The van der Waals surface area contributed by atoms with Crippen molar-refractivity contribution in [1.29, 1.82) is 0 Å². The van der Waals surface area contributed by atoms with E-state index >= 15 is 0 Å². The van der Waals surface area contributed by atoms with Gasteiger partial charge in [0, 0.05) is 29.1 Å². The van der Waals surface area contributed by atoms with Crippen LogP contribution < -0.4 is 10.6 Å². The van der Waals surface area contributed by atoms with E-state index in [1.54, 1.807) is 0 Å². The Morgan fingerprint density at radius 3 is 2.71 bits per heavy atom. The Bertz CT molecular complexity index is 499. The number of carbonyl (C=O) groups is 1. The van der Waals surface area contributed by atoms with Crippen molar-refractivity contribution < 1.29 is 4.79 Å². The summed E-state index contributed by atoms with van der Waals surface area (Å²) in [7, 11) is 0. The number of thioether (sulfide) groups is 1. The number of hydrogen-bond acceptors (Lipinski definition) is 3. The summed E-state index contributed by atoms with van der Waals surface area (Å²) in [6.07, 6.45) is 1.24. The van der Waals surface area contributed by atoms with E-state index in [1.807, 2.05) is 43.8 Å². The maximum absolute atomic E-state index is 11.8. The summed E-state index contributed by atoms with van der Waals surface area (Å²) in [5, 5.41) is 6.60. The molecule has 1 saturated heterocycles. The van der Waals surface area contributed by atoms with Crippen LogP contribution in [0.25, 0.3) is 0 Å². The Morgan fingerprint density at radius 2 is 2.05 bits per heavy atom. The van der Waals surface area contributed by atoms with Gasteiger partial charge in [-0.1, -0.05) is 33.8 Å². The minimum Gasteiger partial charge on any atom is -0.381 e. The highest BCUT2D eigenvalue weighted by Gasteiger charge is 2.32. The minimum atomic E-state index is -0.00436. The van der Waals surface area contributed by atoms with Crippen LogP contribution >= 0.6 is 11.8 Å². The van der Waals surface area contributed by atoms with E-state index in [0.717, 1.165) is 17.1 Å². The molecule has 3 nitrogen and oxygen atoms in total. The molecule has 1 amide bonds. The molecule has 0 spiro atoms.